The van der Waals surface area contributed by atoms with Crippen LogP contribution in [0.5, 0.6) is 0 Å². The second-order valence-electron chi connectivity index (χ2n) is 3.94. The van der Waals surface area contributed by atoms with Gasteiger partial charge in [0.15, 0.2) is 0 Å². The molecule has 1 fully saturated rings. The van der Waals surface area contributed by atoms with Gasteiger partial charge >= 0.3 is 0 Å². The van der Waals surface area contributed by atoms with Crippen LogP contribution >= 0.6 is 15.9 Å². The number of halogens is 1. The van der Waals surface area contributed by atoms with E-state index in [1.165, 1.54) is 12.1 Å². The maximum atomic E-state index is 8.90. The van der Waals surface area contributed by atoms with E-state index >= 15 is 0 Å². The number of hydrogen-bond donors (Lipinski definition) is 1. The van der Waals surface area contributed by atoms with Crippen molar-refractivity contribution in [2.45, 2.75) is 12.8 Å². The fourth-order valence-electron chi connectivity index (χ4n) is 2.09. The smallest absolute Gasteiger partial charge is 0.0592 e. The van der Waals surface area contributed by atoms with E-state index in [4.69, 9.17) is 5.11 Å². The molecule has 0 radical (unpaired) electrons. The molecule has 1 aliphatic heterocycles. The van der Waals surface area contributed by atoms with Gasteiger partial charge in [0.05, 0.1) is 10.2 Å². The Morgan fingerprint density at radius 3 is 3.20 bits per heavy atom. The van der Waals surface area contributed by atoms with Crippen LogP contribution in [-0.4, -0.2) is 29.8 Å². The average Bonchev–Trinajstić information content (AvgIpc) is 2.68. The lowest BCUT2D eigenvalue weighted by Crippen LogP contribution is -2.20. The number of rotatable bonds is 3. The van der Waals surface area contributed by atoms with E-state index in [0.29, 0.717) is 12.5 Å². The van der Waals surface area contributed by atoms with Gasteiger partial charge in [-0.25, -0.2) is 0 Å². The monoisotopic (exact) mass is 270 g/mol. The third kappa shape index (κ3) is 2.49. The second kappa shape index (κ2) is 4.94. The summed E-state index contributed by atoms with van der Waals surface area (Å²) in [5.74, 6) is 0.634. The lowest BCUT2D eigenvalue weighted by atomic mass is 10.1. The van der Waals surface area contributed by atoms with Gasteiger partial charge in [0.25, 0.3) is 0 Å². The Kier molecular flexibility index (Phi) is 3.59. The molecule has 3 nitrogen and oxygen atoms in total. The Morgan fingerprint density at radius 1 is 1.60 bits per heavy atom. The first-order valence-electron chi connectivity index (χ1n) is 5.26. The summed E-state index contributed by atoms with van der Waals surface area (Å²) in [5.41, 5.74) is 1.21. The highest BCUT2D eigenvalue weighted by Gasteiger charge is 2.23. The summed E-state index contributed by atoms with van der Waals surface area (Å²) >= 11 is 3.51. The van der Waals surface area contributed by atoms with Gasteiger partial charge in [0, 0.05) is 32.1 Å². The lowest BCUT2D eigenvalue weighted by molar-refractivity contribution is 0.263. The highest BCUT2D eigenvalue weighted by molar-refractivity contribution is 9.10. The number of nitrogens with zero attached hydrogens (tertiary/aromatic N) is 2. The molecule has 0 aliphatic carbocycles. The minimum Gasteiger partial charge on any atom is -0.396 e. The van der Waals surface area contributed by atoms with Crippen LogP contribution in [0.4, 0.5) is 5.69 Å². The fourth-order valence-corrected chi connectivity index (χ4v) is 2.60. The Balaban J connectivity index is 2.04. The largest absolute Gasteiger partial charge is 0.396 e. The molecule has 0 aromatic carbocycles. The van der Waals surface area contributed by atoms with Crippen molar-refractivity contribution in [3.63, 3.8) is 0 Å². The van der Waals surface area contributed by atoms with Crippen LogP contribution < -0.4 is 4.90 Å². The Morgan fingerprint density at radius 2 is 2.47 bits per heavy atom. The molecule has 1 aliphatic rings. The zero-order valence-corrected chi connectivity index (χ0v) is 10.2. The van der Waals surface area contributed by atoms with Crippen LogP contribution in [0.3, 0.4) is 0 Å². The van der Waals surface area contributed by atoms with E-state index in [-0.39, 0.29) is 0 Å². The normalized spacial score (nSPS) is 20.9. The predicted molar refractivity (Wildman–Crippen MR) is 64.0 cm³/mol. The summed E-state index contributed by atoms with van der Waals surface area (Å²) in [4.78, 5) is 6.41. The van der Waals surface area contributed by atoms with Crippen LogP contribution in [0.15, 0.2) is 22.9 Å². The van der Waals surface area contributed by atoms with Crippen molar-refractivity contribution in [2.24, 2.45) is 5.92 Å². The second-order valence-corrected chi connectivity index (χ2v) is 4.79. The molecule has 15 heavy (non-hydrogen) atoms. The van der Waals surface area contributed by atoms with Crippen molar-refractivity contribution in [2.75, 3.05) is 24.6 Å². The number of aliphatic hydroxyl groups excluding tert-OH is 1. The van der Waals surface area contributed by atoms with Gasteiger partial charge in [0.1, 0.15) is 0 Å². The molecule has 1 atom stereocenters. The maximum absolute atomic E-state index is 8.90. The minimum atomic E-state index is 0.302. The first kappa shape index (κ1) is 10.9. The van der Waals surface area contributed by atoms with E-state index in [9.17, 15) is 0 Å². The molecular weight excluding hydrogens is 256 g/mol. The predicted octanol–water partition coefficient (Wildman–Crippen LogP) is 2.05. The van der Waals surface area contributed by atoms with Gasteiger partial charge in [-0.2, -0.15) is 0 Å². The molecule has 1 aromatic rings. The van der Waals surface area contributed by atoms with Crippen LogP contribution in [0.2, 0.25) is 0 Å². The molecule has 0 amide bonds. The zero-order valence-electron chi connectivity index (χ0n) is 8.56. The Hall–Kier alpha value is -0.610. The van der Waals surface area contributed by atoms with E-state index in [1.54, 1.807) is 0 Å². The number of anilines is 1. The molecule has 1 N–H and O–H groups in total. The fraction of sp³-hybridized carbons (Fsp3) is 0.545. The Bertz CT molecular complexity index is 332. The summed E-state index contributed by atoms with van der Waals surface area (Å²) in [6.45, 7) is 2.42. The maximum Gasteiger partial charge on any atom is 0.0592 e. The number of aliphatic hydroxyl groups is 1. The third-order valence-corrected chi connectivity index (χ3v) is 3.53. The van der Waals surface area contributed by atoms with Gasteiger partial charge < -0.3 is 10.0 Å². The standard InChI is InChI=1S/C11H15BrN2O/c12-10-7-13-4-1-11(10)14-5-2-9(8-14)3-6-15/h1,4,7,9,15H,2-3,5-6,8H2. The molecule has 4 heteroatoms. The number of hydrogen-bond acceptors (Lipinski definition) is 3. The quantitative estimate of drug-likeness (QED) is 0.914. The van der Waals surface area contributed by atoms with E-state index in [2.05, 4.69) is 25.8 Å². The first-order chi connectivity index (χ1) is 7.31. The summed E-state index contributed by atoms with van der Waals surface area (Å²) in [7, 11) is 0. The van der Waals surface area contributed by atoms with Crippen LogP contribution in [0.25, 0.3) is 0 Å². The first-order valence-corrected chi connectivity index (χ1v) is 6.06. The van der Waals surface area contributed by atoms with Gasteiger partial charge in [-0.3, -0.25) is 4.98 Å². The summed E-state index contributed by atoms with van der Waals surface area (Å²) in [6, 6.07) is 2.03. The van der Waals surface area contributed by atoms with Crippen LogP contribution in [-0.2, 0) is 0 Å². The molecule has 82 valence electrons. The summed E-state index contributed by atoms with van der Waals surface area (Å²) < 4.78 is 1.05. The topological polar surface area (TPSA) is 36.4 Å². The van der Waals surface area contributed by atoms with Crippen molar-refractivity contribution in [1.29, 1.82) is 0 Å². The SMILES string of the molecule is OCCC1CCN(c2ccncc2Br)C1. The highest BCUT2D eigenvalue weighted by atomic mass is 79.9. The minimum absolute atomic E-state index is 0.302. The summed E-state index contributed by atoms with van der Waals surface area (Å²) in [6.07, 6.45) is 5.74. The molecule has 2 rings (SSSR count). The van der Waals surface area contributed by atoms with Crippen molar-refractivity contribution >= 4 is 21.6 Å². The molecule has 1 saturated heterocycles. The van der Waals surface area contributed by atoms with E-state index < -0.39 is 0 Å². The molecular formula is C11H15BrN2O. The molecule has 2 heterocycles. The van der Waals surface area contributed by atoms with Crippen molar-refractivity contribution in [3.8, 4) is 0 Å². The van der Waals surface area contributed by atoms with Crippen molar-refractivity contribution < 1.29 is 5.11 Å². The van der Waals surface area contributed by atoms with Gasteiger partial charge in [-0.05, 0) is 40.8 Å². The van der Waals surface area contributed by atoms with Gasteiger partial charge in [-0.1, -0.05) is 0 Å². The molecule has 0 bridgehead atoms. The van der Waals surface area contributed by atoms with E-state index in [0.717, 1.165) is 24.0 Å². The number of pyridine rings is 1. The van der Waals surface area contributed by atoms with E-state index in [1.807, 2.05) is 18.5 Å². The van der Waals surface area contributed by atoms with Crippen molar-refractivity contribution in [3.05, 3.63) is 22.9 Å². The molecule has 0 saturated carbocycles. The zero-order chi connectivity index (χ0) is 10.7. The van der Waals surface area contributed by atoms with Crippen LogP contribution in [0.1, 0.15) is 12.8 Å². The lowest BCUT2D eigenvalue weighted by Gasteiger charge is -2.19. The Labute approximate surface area is 98.3 Å². The highest BCUT2D eigenvalue weighted by Crippen LogP contribution is 2.30. The van der Waals surface area contributed by atoms with Crippen LogP contribution in [0, 0.1) is 5.92 Å². The van der Waals surface area contributed by atoms with Gasteiger partial charge in [-0.15, -0.1) is 0 Å². The average molecular weight is 271 g/mol. The number of aromatic nitrogens is 1. The molecule has 0 spiro atoms. The molecule has 1 unspecified atom stereocenters. The van der Waals surface area contributed by atoms with Gasteiger partial charge in [0.2, 0.25) is 0 Å². The molecule has 1 aromatic heterocycles. The van der Waals surface area contributed by atoms with Crippen molar-refractivity contribution in [1.82, 2.24) is 4.98 Å². The summed E-state index contributed by atoms with van der Waals surface area (Å²) in [5, 5.41) is 8.90. The third-order valence-electron chi connectivity index (χ3n) is 2.91.